The van der Waals surface area contributed by atoms with Crippen molar-refractivity contribution in [2.24, 2.45) is 5.92 Å². The molecule has 0 saturated heterocycles. The van der Waals surface area contributed by atoms with Gasteiger partial charge in [0.2, 0.25) is 0 Å². The van der Waals surface area contributed by atoms with Crippen LogP contribution in [0.2, 0.25) is 0 Å². The zero-order valence-corrected chi connectivity index (χ0v) is 16.9. The predicted molar refractivity (Wildman–Crippen MR) is 105 cm³/mol. The monoisotopic (exact) mass is 340 g/mol. The van der Waals surface area contributed by atoms with Gasteiger partial charge in [-0.05, 0) is 19.3 Å². The number of ether oxygens (including phenoxy) is 1. The van der Waals surface area contributed by atoms with Gasteiger partial charge in [0.25, 0.3) is 0 Å². The van der Waals surface area contributed by atoms with E-state index in [9.17, 15) is 4.79 Å². The second-order valence-corrected chi connectivity index (χ2v) is 7.33. The van der Waals surface area contributed by atoms with Crippen molar-refractivity contribution in [1.29, 1.82) is 0 Å². The maximum atomic E-state index is 12.0. The standard InChI is InChI=1S/C22H44O2/c1-4-7-8-9-10-11-12-13-14-15-16-17-19-21(18-5-2)22(23)24-20-6-3/h21H,4-20H2,1-3H3. The van der Waals surface area contributed by atoms with E-state index in [1.807, 2.05) is 6.92 Å². The highest BCUT2D eigenvalue weighted by Crippen LogP contribution is 2.19. The van der Waals surface area contributed by atoms with Crippen LogP contribution in [0.15, 0.2) is 0 Å². The van der Waals surface area contributed by atoms with Gasteiger partial charge >= 0.3 is 5.97 Å². The van der Waals surface area contributed by atoms with Crippen molar-refractivity contribution in [3.63, 3.8) is 0 Å². The summed E-state index contributed by atoms with van der Waals surface area (Å²) in [6, 6.07) is 0. The van der Waals surface area contributed by atoms with E-state index in [0.717, 1.165) is 25.7 Å². The first-order valence-electron chi connectivity index (χ1n) is 10.9. The van der Waals surface area contributed by atoms with E-state index in [2.05, 4.69) is 13.8 Å². The minimum absolute atomic E-state index is 0.0433. The zero-order valence-electron chi connectivity index (χ0n) is 16.9. The minimum atomic E-state index is 0.0433. The molecule has 0 aromatic heterocycles. The number of hydrogen-bond donors (Lipinski definition) is 0. The summed E-state index contributed by atoms with van der Waals surface area (Å²) in [5.74, 6) is 0.187. The van der Waals surface area contributed by atoms with Crippen LogP contribution in [0.25, 0.3) is 0 Å². The van der Waals surface area contributed by atoms with E-state index in [0.29, 0.717) is 6.61 Å². The molecule has 0 aliphatic rings. The molecule has 0 aromatic carbocycles. The van der Waals surface area contributed by atoms with E-state index in [-0.39, 0.29) is 11.9 Å². The normalized spacial score (nSPS) is 12.3. The highest BCUT2D eigenvalue weighted by atomic mass is 16.5. The summed E-state index contributed by atoms with van der Waals surface area (Å²) in [5, 5.41) is 0. The van der Waals surface area contributed by atoms with Crippen molar-refractivity contribution in [3.05, 3.63) is 0 Å². The Morgan fingerprint density at radius 2 is 1.12 bits per heavy atom. The van der Waals surface area contributed by atoms with Gasteiger partial charge in [-0.1, -0.05) is 104 Å². The molecule has 0 radical (unpaired) electrons. The molecule has 0 rings (SSSR count). The Kier molecular flexibility index (Phi) is 18.4. The lowest BCUT2D eigenvalue weighted by Gasteiger charge is -2.14. The minimum Gasteiger partial charge on any atom is -0.465 e. The lowest BCUT2D eigenvalue weighted by atomic mass is 9.96. The van der Waals surface area contributed by atoms with Gasteiger partial charge in [0.05, 0.1) is 12.5 Å². The van der Waals surface area contributed by atoms with E-state index >= 15 is 0 Å². The van der Waals surface area contributed by atoms with Gasteiger partial charge in [-0.15, -0.1) is 0 Å². The molecular formula is C22H44O2. The fourth-order valence-electron chi connectivity index (χ4n) is 3.28. The molecule has 0 N–H and O–H groups in total. The quantitative estimate of drug-likeness (QED) is 0.191. The molecule has 2 heteroatoms. The molecular weight excluding hydrogens is 296 g/mol. The molecule has 144 valence electrons. The Morgan fingerprint density at radius 1 is 0.625 bits per heavy atom. The topological polar surface area (TPSA) is 26.3 Å². The van der Waals surface area contributed by atoms with Crippen molar-refractivity contribution in [3.8, 4) is 0 Å². The van der Waals surface area contributed by atoms with Crippen molar-refractivity contribution in [1.82, 2.24) is 0 Å². The predicted octanol–water partition coefficient (Wildman–Crippen LogP) is 7.45. The molecule has 2 nitrogen and oxygen atoms in total. The molecule has 1 atom stereocenters. The third-order valence-electron chi connectivity index (χ3n) is 4.83. The van der Waals surface area contributed by atoms with Crippen LogP contribution in [0.3, 0.4) is 0 Å². The van der Waals surface area contributed by atoms with Crippen molar-refractivity contribution in [2.45, 2.75) is 124 Å². The van der Waals surface area contributed by atoms with Crippen LogP contribution >= 0.6 is 0 Å². The van der Waals surface area contributed by atoms with Crippen LogP contribution in [0, 0.1) is 5.92 Å². The SMILES string of the molecule is CCCCCCCCCCCCCCC(CCC)C(=O)OCCC. The summed E-state index contributed by atoms with van der Waals surface area (Å²) in [7, 11) is 0. The van der Waals surface area contributed by atoms with Crippen molar-refractivity contribution in [2.75, 3.05) is 6.61 Å². The summed E-state index contributed by atoms with van der Waals surface area (Å²) < 4.78 is 5.32. The first-order chi connectivity index (χ1) is 11.8. The van der Waals surface area contributed by atoms with Crippen LogP contribution in [0.5, 0.6) is 0 Å². The van der Waals surface area contributed by atoms with Gasteiger partial charge < -0.3 is 4.74 Å². The number of carbonyl (C=O) groups excluding carboxylic acids is 1. The fraction of sp³-hybridized carbons (Fsp3) is 0.955. The number of esters is 1. The third-order valence-corrected chi connectivity index (χ3v) is 4.83. The van der Waals surface area contributed by atoms with Gasteiger partial charge in [-0.25, -0.2) is 0 Å². The van der Waals surface area contributed by atoms with Crippen LogP contribution in [0.4, 0.5) is 0 Å². The first kappa shape index (κ1) is 23.5. The molecule has 0 saturated carbocycles. The Morgan fingerprint density at radius 3 is 1.58 bits per heavy atom. The maximum absolute atomic E-state index is 12.0. The summed E-state index contributed by atoms with van der Waals surface area (Å²) >= 11 is 0. The Labute approximate surface area is 152 Å². The molecule has 0 aromatic rings. The maximum Gasteiger partial charge on any atom is 0.308 e. The largest absolute Gasteiger partial charge is 0.465 e. The van der Waals surface area contributed by atoms with E-state index < -0.39 is 0 Å². The van der Waals surface area contributed by atoms with Gasteiger partial charge in [-0.3, -0.25) is 4.79 Å². The molecule has 0 aliphatic carbocycles. The smallest absolute Gasteiger partial charge is 0.308 e. The molecule has 1 unspecified atom stereocenters. The first-order valence-corrected chi connectivity index (χ1v) is 10.9. The van der Waals surface area contributed by atoms with E-state index in [1.165, 1.54) is 77.0 Å². The number of rotatable bonds is 18. The Balaban J connectivity index is 3.46. The van der Waals surface area contributed by atoms with Crippen LogP contribution < -0.4 is 0 Å². The fourth-order valence-corrected chi connectivity index (χ4v) is 3.28. The number of hydrogen-bond acceptors (Lipinski definition) is 2. The second-order valence-electron chi connectivity index (χ2n) is 7.33. The summed E-state index contributed by atoms with van der Waals surface area (Å²) in [6.07, 6.45) is 20.4. The van der Waals surface area contributed by atoms with Crippen molar-refractivity contribution >= 4 is 5.97 Å². The molecule has 0 bridgehead atoms. The van der Waals surface area contributed by atoms with Gasteiger partial charge in [0.1, 0.15) is 0 Å². The average Bonchev–Trinajstić information content (AvgIpc) is 2.59. The van der Waals surface area contributed by atoms with Gasteiger partial charge in [0, 0.05) is 0 Å². The van der Waals surface area contributed by atoms with Crippen LogP contribution in [-0.4, -0.2) is 12.6 Å². The molecule has 0 aliphatic heterocycles. The summed E-state index contributed by atoms with van der Waals surface area (Å²) in [6.45, 7) is 7.06. The zero-order chi connectivity index (χ0) is 17.9. The highest BCUT2D eigenvalue weighted by Gasteiger charge is 2.18. The molecule has 0 fully saturated rings. The van der Waals surface area contributed by atoms with E-state index in [1.54, 1.807) is 0 Å². The molecule has 0 heterocycles. The average molecular weight is 341 g/mol. The van der Waals surface area contributed by atoms with Gasteiger partial charge in [0.15, 0.2) is 0 Å². The summed E-state index contributed by atoms with van der Waals surface area (Å²) in [4.78, 5) is 12.0. The van der Waals surface area contributed by atoms with Gasteiger partial charge in [-0.2, -0.15) is 0 Å². The number of carbonyl (C=O) groups is 1. The lowest BCUT2D eigenvalue weighted by molar-refractivity contribution is -0.149. The molecule has 0 amide bonds. The highest BCUT2D eigenvalue weighted by molar-refractivity contribution is 5.72. The molecule has 24 heavy (non-hydrogen) atoms. The second kappa shape index (κ2) is 18.8. The third kappa shape index (κ3) is 15.0. The summed E-state index contributed by atoms with van der Waals surface area (Å²) in [5.41, 5.74) is 0. The Bertz CT molecular complexity index is 263. The van der Waals surface area contributed by atoms with Crippen LogP contribution in [0.1, 0.15) is 124 Å². The van der Waals surface area contributed by atoms with Crippen LogP contribution in [-0.2, 0) is 9.53 Å². The van der Waals surface area contributed by atoms with Crippen molar-refractivity contribution < 1.29 is 9.53 Å². The number of unbranched alkanes of at least 4 members (excludes halogenated alkanes) is 11. The van der Waals surface area contributed by atoms with E-state index in [4.69, 9.17) is 4.74 Å². The lowest BCUT2D eigenvalue weighted by Crippen LogP contribution is -2.18. The molecule has 0 spiro atoms. The Hall–Kier alpha value is -0.530.